The molecule has 0 spiro atoms. The van der Waals surface area contributed by atoms with Gasteiger partial charge in [0.1, 0.15) is 16.1 Å². The Morgan fingerprint density at radius 2 is 2.00 bits per heavy atom. The van der Waals surface area contributed by atoms with Crippen LogP contribution in [-0.4, -0.2) is 14.3 Å². The summed E-state index contributed by atoms with van der Waals surface area (Å²) >= 11 is 2.07. The molecule has 0 radical (unpaired) electrons. The van der Waals surface area contributed by atoms with Crippen molar-refractivity contribution >= 4 is 27.3 Å². The molecule has 1 aromatic heterocycles. The minimum absolute atomic E-state index is 0.334. The molecule has 25 heavy (non-hydrogen) atoms. The summed E-state index contributed by atoms with van der Waals surface area (Å²) in [4.78, 5) is 4.45. The van der Waals surface area contributed by atoms with Gasteiger partial charge < -0.3 is 4.55 Å². The zero-order valence-electron chi connectivity index (χ0n) is 14.8. The Morgan fingerprint density at radius 1 is 1.32 bits per heavy atom. The van der Waals surface area contributed by atoms with Gasteiger partial charge in [-0.1, -0.05) is 18.2 Å². The predicted octanol–water partition coefficient (Wildman–Crippen LogP) is 4.77. The third kappa shape index (κ3) is 4.14. The Kier molecular flexibility index (Phi) is 6.09. The zero-order valence-corrected chi connectivity index (χ0v) is 17.2. The Bertz CT molecular complexity index is 778. The van der Waals surface area contributed by atoms with Gasteiger partial charge in [-0.15, -0.1) is 11.3 Å². The van der Waals surface area contributed by atoms with Crippen LogP contribution in [-0.2, 0) is 16.9 Å². The third-order valence-electron chi connectivity index (χ3n) is 3.88. The van der Waals surface area contributed by atoms with E-state index in [4.69, 9.17) is 0 Å². The Morgan fingerprint density at radius 3 is 2.52 bits per heavy atom. The van der Waals surface area contributed by atoms with E-state index >= 15 is 0 Å². The molecular weight excluding hydrogens is 403 g/mol. The Labute approximate surface area is 160 Å². The summed E-state index contributed by atoms with van der Waals surface area (Å²) in [6.45, 7) is 11.2. The molecule has 6 heteroatoms. The number of nitrogens with one attached hydrogen (secondary N) is 1. The van der Waals surface area contributed by atoms with Crippen LogP contribution < -0.4 is 4.72 Å². The molecule has 0 bridgehead atoms. The highest BCUT2D eigenvalue weighted by Gasteiger charge is 2.42. The van der Waals surface area contributed by atoms with Gasteiger partial charge in [0.25, 0.3) is 0 Å². The molecule has 134 valence electrons. The smallest absolute Gasteiger partial charge is 0.149 e. The third-order valence-corrected chi connectivity index (χ3v) is 6.13. The molecule has 3 nitrogen and oxygen atoms in total. The van der Waals surface area contributed by atoms with Crippen LogP contribution in [0.2, 0.25) is 0 Å². The highest BCUT2D eigenvalue weighted by Crippen LogP contribution is 2.36. The molecule has 0 amide bonds. The van der Waals surface area contributed by atoms with Gasteiger partial charge in [-0.05, 0) is 73.0 Å². The summed E-state index contributed by atoms with van der Waals surface area (Å²) in [6.07, 6.45) is 3.26. The first kappa shape index (κ1) is 20.1. The van der Waals surface area contributed by atoms with E-state index in [2.05, 4.69) is 32.2 Å². The number of hydrogen-bond donors (Lipinski definition) is 1. The van der Waals surface area contributed by atoms with Crippen molar-refractivity contribution in [2.75, 3.05) is 0 Å². The van der Waals surface area contributed by atoms with Crippen LogP contribution in [0.4, 0.5) is 4.39 Å². The Balaban J connectivity index is 2.71. The van der Waals surface area contributed by atoms with E-state index in [0.29, 0.717) is 21.3 Å². The number of rotatable bonds is 5. The molecule has 0 aliphatic rings. The van der Waals surface area contributed by atoms with Crippen LogP contribution in [0.15, 0.2) is 53.7 Å². The van der Waals surface area contributed by atoms with E-state index < -0.39 is 21.6 Å². The fourth-order valence-corrected chi connectivity index (χ4v) is 3.78. The van der Waals surface area contributed by atoms with E-state index in [1.165, 1.54) is 6.07 Å². The largest absolute Gasteiger partial charge is 0.598 e. The van der Waals surface area contributed by atoms with E-state index in [1.54, 1.807) is 37.4 Å². The second-order valence-corrected chi connectivity index (χ2v) is 9.61. The van der Waals surface area contributed by atoms with Crippen LogP contribution in [0.3, 0.4) is 0 Å². The van der Waals surface area contributed by atoms with Gasteiger partial charge in [0.2, 0.25) is 0 Å². The lowest BCUT2D eigenvalue weighted by molar-refractivity contribution is 0.499. The van der Waals surface area contributed by atoms with Crippen molar-refractivity contribution in [3.05, 3.63) is 76.3 Å². The molecule has 0 saturated heterocycles. The standard InChI is InChI=1S/C19H22BrFN2OS/c1-6-19(23-25(24)18(3,4)5,17-15(20)8-7-11-22-17)14-10-9-13(2)16(21)12-14/h6-12,23H,1H2,2-5H3/t19-,25?/m1/s1. The number of halogens is 2. The average Bonchev–Trinajstić information content (AvgIpc) is 2.55. The maximum Gasteiger partial charge on any atom is 0.149 e. The quantitative estimate of drug-likeness (QED) is 0.555. The molecule has 2 aromatic rings. The van der Waals surface area contributed by atoms with Crippen LogP contribution in [0.5, 0.6) is 0 Å². The number of benzene rings is 1. The molecule has 2 rings (SSSR count). The number of aryl methyl sites for hydroxylation is 1. The van der Waals surface area contributed by atoms with E-state index in [-0.39, 0.29) is 5.82 Å². The maximum atomic E-state index is 14.3. The number of pyridine rings is 1. The minimum Gasteiger partial charge on any atom is -0.598 e. The van der Waals surface area contributed by atoms with E-state index in [9.17, 15) is 8.94 Å². The molecular formula is C19H22BrFN2OS. The first-order valence-electron chi connectivity index (χ1n) is 7.82. The summed E-state index contributed by atoms with van der Waals surface area (Å²) in [6, 6.07) is 8.56. The normalized spacial score (nSPS) is 15.5. The minimum atomic E-state index is -1.43. The number of hydrogen-bond acceptors (Lipinski definition) is 3. The summed E-state index contributed by atoms with van der Waals surface area (Å²) in [5.41, 5.74) is 0.597. The SMILES string of the molecule is C=C[C@@](N[S+]([O-])C(C)(C)C)(c1ccc(C)c(F)c1)c1ncccc1Br. The first-order valence-corrected chi connectivity index (χ1v) is 9.77. The molecule has 1 unspecified atom stereocenters. The lowest BCUT2D eigenvalue weighted by Gasteiger charge is -2.36. The van der Waals surface area contributed by atoms with Crippen molar-refractivity contribution in [2.24, 2.45) is 0 Å². The summed E-state index contributed by atoms with van der Waals surface area (Å²) in [5.74, 6) is -0.334. The molecule has 0 saturated carbocycles. The van der Waals surface area contributed by atoms with Crippen LogP contribution in [0, 0.1) is 12.7 Å². The van der Waals surface area contributed by atoms with Gasteiger partial charge >= 0.3 is 0 Å². The van der Waals surface area contributed by atoms with Crippen molar-refractivity contribution in [1.82, 2.24) is 9.71 Å². The second kappa shape index (κ2) is 7.58. The lowest BCUT2D eigenvalue weighted by atomic mass is 9.86. The van der Waals surface area contributed by atoms with Crippen LogP contribution in [0.1, 0.15) is 37.6 Å². The van der Waals surface area contributed by atoms with Crippen LogP contribution in [0.25, 0.3) is 0 Å². The molecule has 1 aromatic carbocycles. The molecule has 2 atom stereocenters. The zero-order chi connectivity index (χ0) is 18.8. The van der Waals surface area contributed by atoms with Crippen molar-refractivity contribution in [3.8, 4) is 0 Å². The summed E-state index contributed by atoms with van der Waals surface area (Å²) < 4.78 is 30.5. The van der Waals surface area contributed by atoms with Crippen molar-refractivity contribution in [2.45, 2.75) is 38.0 Å². The highest BCUT2D eigenvalue weighted by molar-refractivity contribution is 9.10. The van der Waals surface area contributed by atoms with Gasteiger partial charge in [-0.2, -0.15) is 0 Å². The van der Waals surface area contributed by atoms with Gasteiger partial charge in [0.05, 0.1) is 5.69 Å². The molecule has 1 heterocycles. The molecule has 0 aliphatic heterocycles. The van der Waals surface area contributed by atoms with Gasteiger partial charge in [-0.3, -0.25) is 4.98 Å². The van der Waals surface area contributed by atoms with Gasteiger partial charge in [-0.25, -0.2) is 4.39 Å². The van der Waals surface area contributed by atoms with E-state index in [0.717, 1.165) is 0 Å². The number of nitrogens with zero attached hydrogens (tertiary/aromatic N) is 1. The Hall–Kier alpha value is -1.21. The number of aromatic nitrogens is 1. The monoisotopic (exact) mass is 424 g/mol. The average molecular weight is 425 g/mol. The first-order chi connectivity index (χ1) is 11.6. The van der Waals surface area contributed by atoms with Crippen molar-refractivity contribution < 1.29 is 8.94 Å². The highest BCUT2D eigenvalue weighted by atomic mass is 79.9. The maximum absolute atomic E-state index is 14.3. The van der Waals surface area contributed by atoms with Gasteiger partial charge in [0.15, 0.2) is 0 Å². The lowest BCUT2D eigenvalue weighted by Crippen LogP contribution is -2.51. The van der Waals surface area contributed by atoms with E-state index in [1.807, 2.05) is 26.8 Å². The summed E-state index contributed by atoms with van der Waals surface area (Å²) in [7, 11) is 0. The fourth-order valence-electron chi connectivity index (χ4n) is 2.31. The second-order valence-electron chi connectivity index (χ2n) is 6.79. The van der Waals surface area contributed by atoms with Crippen molar-refractivity contribution in [3.63, 3.8) is 0 Å². The topological polar surface area (TPSA) is 48.0 Å². The molecule has 0 fully saturated rings. The summed E-state index contributed by atoms with van der Waals surface area (Å²) in [5, 5.41) is 0. The molecule has 0 aliphatic carbocycles. The molecule has 1 N–H and O–H groups in total. The predicted molar refractivity (Wildman–Crippen MR) is 105 cm³/mol. The fraction of sp³-hybridized carbons (Fsp3) is 0.316. The van der Waals surface area contributed by atoms with Crippen molar-refractivity contribution in [1.29, 1.82) is 0 Å². The van der Waals surface area contributed by atoms with Crippen LogP contribution >= 0.6 is 15.9 Å². The van der Waals surface area contributed by atoms with Gasteiger partial charge in [0, 0.05) is 22.0 Å².